The van der Waals surface area contributed by atoms with Crippen molar-refractivity contribution in [3.05, 3.63) is 34.5 Å². The van der Waals surface area contributed by atoms with Gasteiger partial charge in [-0.2, -0.15) is 0 Å². The van der Waals surface area contributed by atoms with Gasteiger partial charge in [-0.15, -0.1) is 0 Å². The Hall–Kier alpha value is -3.55. The summed E-state index contributed by atoms with van der Waals surface area (Å²) in [7, 11) is 5.58. The highest BCUT2D eigenvalue weighted by Crippen LogP contribution is 2.43. The summed E-state index contributed by atoms with van der Waals surface area (Å²) in [5.74, 6) is 0.285. The van der Waals surface area contributed by atoms with Crippen LogP contribution in [-0.2, 0) is 0 Å². The number of hydrogen-bond acceptors (Lipinski definition) is 8. The molecule has 0 radical (unpaired) electrons. The first-order valence-electron chi connectivity index (χ1n) is 7.82. The number of phenols is 2. The number of methoxy groups -OCH3 is 4. The molecule has 1 aromatic heterocycles. The van der Waals surface area contributed by atoms with Gasteiger partial charge >= 0.3 is 0 Å². The van der Waals surface area contributed by atoms with E-state index in [0.29, 0.717) is 5.56 Å². The van der Waals surface area contributed by atoms with E-state index >= 15 is 0 Å². The molecule has 142 valence electrons. The predicted molar refractivity (Wildman–Crippen MR) is 97.5 cm³/mol. The van der Waals surface area contributed by atoms with Gasteiger partial charge < -0.3 is 33.6 Å². The van der Waals surface area contributed by atoms with Crippen LogP contribution in [0.5, 0.6) is 34.5 Å². The lowest BCUT2D eigenvalue weighted by atomic mass is 10.1. The minimum atomic E-state index is -0.487. The number of hydrogen-bond donors (Lipinski definition) is 2. The van der Waals surface area contributed by atoms with Gasteiger partial charge in [0.2, 0.25) is 11.5 Å². The van der Waals surface area contributed by atoms with Crippen molar-refractivity contribution in [3.63, 3.8) is 0 Å². The summed E-state index contributed by atoms with van der Waals surface area (Å²) in [5, 5.41) is 20.5. The van der Waals surface area contributed by atoms with Crippen LogP contribution in [0.15, 0.2) is 33.5 Å². The first-order valence-corrected chi connectivity index (χ1v) is 7.82. The van der Waals surface area contributed by atoms with Crippen LogP contribution in [0.2, 0.25) is 0 Å². The molecule has 0 unspecified atom stereocenters. The Bertz CT molecular complexity index is 1070. The van der Waals surface area contributed by atoms with Gasteiger partial charge in [-0.25, -0.2) is 0 Å². The number of phenolic OH excluding ortho intramolecular Hbond substituents is 2. The molecule has 0 saturated heterocycles. The number of rotatable bonds is 5. The molecule has 3 aromatic rings. The fraction of sp³-hybridized carbons (Fsp3) is 0.211. The summed E-state index contributed by atoms with van der Waals surface area (Å²) in [6, 6.07) is 5.59. The van der Waals surface area contributed by atoms with Crippen LogP contribution >= 0.6 is 0 Å². The molecule has 8 heteroatoms. The number of ether oxygens (including phenoxy) is 4. The number of fused-ring (bicyclic) bond motifs is 1. The lowest BCUT2D eigenvalue weighted by molar-refractivity contribution is 0.333. The topological polar surface area (TPSA) is 108 Å². The van der Waals surface area contributed by atoms with Crippen molar-refractivity contribution < 1.29 is 33.6 Å². The zero-order valence-corrected chi connectivity index (χ0v) is 15.2. The molecule has 8 nitrogen and oxygen atoms in total. The smallest absolute Gasteiger partial charge is 0.204 e. The SMILES string of the molecule is COc1cc(-c2cc(=O)c3c(O)c(OC)c(OC)cc3o2)cc(O)c1OC. The van der Waals surface area contributed by atoms with Gasteiger partial charge in [0, 0.05) is 17.7 Å². The second-order valence-electron chi connectivity index (χ2n) is 5.54. The van der Waals surface area contributed by atoms with E-state index in [9.17, 15) is 15.0 Å². The Morgan fingerprint density at radius 1 is 0.815 bits per heavy atom. The molecule has 0 atom stereocenters. The van der Waals surface area contributed by atoms with E-state index in [1.165, 1.54) is 46.6 Å². The monoisotopic (exact) mass is 374 g/mol. The Morgan fingerprint density at radius 2 is 1.44 bits per heavy atom. The standard InChI is InChI=1S/C19H18O8/c1-23-14-6-9(5-11(21)18(14)25-3)12-7-10(20)16-13(27-12)8-15(24-2)19(26-4)17(16)22/h5-8,21-22H,1-4H3. The van der Waals surface area contributed by atoms with Crippen molar-refractivity contribution in [1.82, 2.24) is 0 Å². The van der Waals surface area contributed by atoms with E-state index in [2.05, 4.69) is 0 Å². The predicted octanol–water partition coefficient (Wildman–Crippen LogP) is 2.91. The molecule has 0 saturated carbocycles. The van der Waals surface area contributed by atoms with Gasteiger partial charge in [0.05, 0.1) is 28.4 Å². The first kappa shape index (κ1) is 18.2. The number of aromatic hydroxyl groups is 2. The van der Waals surface area contributed by atoms with Crippen LogP contribution in [0, 0.1) is 0 Å². The largest absolute Gasteiger partial charge is 0.504 e. The van der Waals surface area contributed by atoms with Crippen LogP contribution in [0.4, 0.5) is 0 Å². The summed E-state index contributed by atoms with van der Waals surface area (Å²) in [5.41, 5.74) is -0.000623. The summed E-state index contributed by atoms with van der Waals surface area (Å²) in [4.78, 5) is 12.6. The average Bonchev–Trinajstić information content (AvgIpc) is 2.66. The second-order valence-corrected chi connectivity index (χ2v) is 5.54. The van der Waals surface area contributed by atoms with Crippen LogP contribution in [0.25, 0.3) is 22.3 Å². The molecule has 2 N–H and O–H groups in total. The Morgan fingerprint density at radius 3 is 2.04 bits per heavy atom. The van der Waals surface area contributed by atoms with Crippen LogP contribution < -0.4 is 24.4 Å². The molecular formula is C19H18O8. The third-order valence-corrected chi connectivity index (χ3v) is 4.08. The van der Waals surface area contributed by atoms with E-state index < -0.39 is 5.43 Å². The fourth-order valence-corrected chi connectivity index (χ4v) is 2.84. The summed E-state index contributed by atoms with van der Waals surface area (Å²) < 4.78 is 26.3. The zero-order chi connectivity index (χ0) is 19.7. The van der Waals surface area contributed by atoms with Crippen LogP contribution in [0.3, 0.4) is 0 Å². The maximum atomic E-state index is 12.6. The molecule has 0 aliphatic carbocycles. The minimum Gasteiger partial charge on any atom is -0.504 e. The first-order chi connectivity index (χ1) is 12.9. The minimum absolute atomic E-state index is 0.0359. The van der Waals surface area contributed by atoms with E-state index in [1.807, 2.05) is 0 Å². The molecule has 2 aromatic carbocycles. The van der Waals surface area contributed by atoms with E-state index in [1.54, 1.807) is 6.07 Å². The maximum absolute atomic E-state index is 12.6. The Labute approximate surface area is 154 Å². The number of benzene rings is 2. The van der Waals surface area contributed by atoms with Crippen LogP contribution in [-0.4, -0.2) is 38.7 Å². The van der Waals surface area contributed by atoms with Gasteiger partial charge in [0.1, 0.15) is 16.7 Å². The summed E-state index contributed by atoms with van der Waals surface area (Å²) in [6.45, 7) is 0. The van der Waals surface area contributed by atoms with Gasteiger partial charge in [-0.1, -0.05) is 0 Å². The third-order valence-electron chi connectivity index (χ3n) is 4.08. The molecule has 0 spiro atoms. The van der Waals surface area contributed by atoms with Crippen molar-refractivity contribution in [1.29, 1.82) is 0 Å². The highest BCUT2D eigenvalue weighted by molar-refractivity contribution is 5.89. The molecule has 0 fully saturated rings. The average molecular weight is 374 g/mol. The van der Waals surface area contributed by atoms with Crippen molar-refractivity contribution in [3.8, 4) is 45.8 Å². The molecule has 27 heavy (non-hydrogen) atoms. The van der Waals surface area contributed by atoms with Crippen LogP contribution in [0.1, 0.15) is 0 Å². The maximum Gasteiger partial charge on any atom is 0.204 e. The van der Waals surface area contributed by atoms with E-state index in [4.69, 9.17) is 23.4 Å². The lowest BCUT2D eigenvalue weighted by Crippen LogP contribution is -2.03. The molecule has 0 aliphatic heterocycles. The normalized spacial score (nSPS) is 10.7. The van der Waals surface area contributed by atoms with Crippen molar-refractivity contribution >= 4 is 11.0 Å². The highest BCUT2D eigenvalue weighted by Gasteiger charge is 2.20. The third kappa shape index (κ3) is 2.95. The quantitative estimate of drug-likeness (QED) is 0.702. The van der Waals surface area contributed by atoms with Crippen molar-refractivity contribution in [2.45, 2.75) is 0 Å². The Kier molecular flexibility index (Phi) is 4.72. The summed E-state index contributed by atoms with van der Waals surface area (Å²) >= 11 is 0. The molecule has 1 heterocycles. The second kappa shape index (κ2) is 6.99. The Balaban J connectivity index is 2.29. The fourth-order valence-electron chi connectivity index (χ4n) is 2.84. The van der Waals surface area contributed by atoms with Gasteiger partial charge in [0.25, 0.3) is 0 Å². The van der Waals surface area contributed by atoms with E-state index in [-0.39, 0.29) is 51.2 Å². The highest BCUT2D eigenvalue weighted by atomic mass is 16.5. The molecule has 0 amide bonds. The molecular weight excluding hydrogens is 356 g/mol. The molecule has 3 rings (SSSR count). The summed E-state index contributed by atoms with van der Waals surface area (Å²) in [6.07, 6.45) is 0. The molecule has 0 aliphatic rings. The van der Waals surface area contributed by atoms with Gasteiger partial charge in [-0.3, -0.25) is 4.79 Å². The van der Waals surface area contributed by atoms with Gasteiger partial charge in [0.15, 0.2) is 28.4 Å². The van der Waals surface area contributed by atoms with Crippen molar-refractivity contribution in [2.75, 3.05) is 28.4 Å². The van der Waals surface area contributed by atoms with Crippen molar-refractivity contribution in [2.24, 2.45) is 0 Å². The van der Waals surface area contributed by atoms with Gasteiger partial charge in [-0.05, 0) is 12.1 Å². The molecule has 0 bridgehead atoms. The lowest BCUT2D eigenvalue weighted by Gasteiger charge is -2.13. The zero-order valence-electron chi connectivity index (χ0n) is 15.2. The van der Waals surface area contributed by atoms with E-state index in [0.717, 1.165) is 0 Å².